The summed E-state index contributed by atoms with van der Waals surface area (Å²) >= 11 is 1.76. The van der Waals surface area contributed by atoms with Crippen molar-refractivity contribution in [2.75, 3.05) is 25.9 Å². The molecule has 1 aromatic heterocycles. The van der Waals surface area contributed by atoms with Crippen LogP contribution in [0, 0.1) is 5.92 Å². The number of hydrogen-bond acceptors (Lipinski definition) is 4. The van der Waals surface area contributed by atoms with Gasteiger partial charge in [0.25, 0.3) is 0 Å². The molecule has 2 unspecified atom stereocenters. The molecule has 2 N–H and O–H groups in total. The Labute approximate surface area is 141 Å². The Morgan fingerprint density at radius 1 is 1.43 bits per heavy atom. The van der Waals surface area contributed by atoms with E-state index < -0.39 is 10.0 Å². The summed E-state index contributed by atoms with van der Waals surface area (Å²) in [5.74, 6) is 0.193. The summed E-state index contributed by atoms with van der Waals surface area (Å²) in [4.78, 5) is 13.5. The summed E-state index contributed by atoms with van der Waals surface area (Å²) < 4.78 is 24.5. The van der Waals surface area contributed by atoms with Crippen LogP contribution in [0.4, 0.5) is 4.79 Å². The summed E-state index contributed by atoms with van der Waals surface area (Å²) in [7, 11) is -3.12. The molecule has 2 amide bonds. The third-order valence-electron chi connectivity index (χ3n) is 4.63. The van der Waals surface area contributed by atoms with Crippen LogP contribution in [0.25, 0.3) is 0 Å². The Balaban J connectivity index is 1.46. The minimum Gasteiger partial charge on any atom is -0.338 e. The van der Waals surface area contributed by atoms with Gasteiger partial charge < -0.3 is 10.6 Å². The topological polar surface area (TPSA) is 78.5 Å². The molecule has 2 aliphatic rings. The highest BCUT2D eigenvalue weighted by atomic mass is 32.2. The molecule has 1 aliphatic carbocycles. The zero-order valence-electron chi connectivity index (χ0n) is 13.2. The monoisotopic (exact) mass is 357 g/mol. The number of amides is 2. The summed E-state index contributed by atoms with van der Waals surface area (Å²) in [6.07, 6.45) is 5.21. The minimum absolute atomic E-state index is 0.0982. The van der Waals surface area contributed by atoms with E-state index in [4.69, 9.17) is 0 Å². The Bertz CT molecular complexity index is 671. The highest BCUT2D eigenvalue weighted by molar-refractivity contribution is 7.88. The summed E-state index contributed by atoms with van der Waals surface area (Å²) in [6, 6.07) is 2.04. The summed E-state index contributed by atoms with van der Waals surface area (Å²) in [5.41, 5.74) is 1.25. The summed E-state index contributed by atoms with van der Waals surface area (Å²) in [5, 5.41) is 8.03. The molecular formula is C15H23N3O3S2. The predicted octanol–water partition coefficient (Wildman–Crippen LogP) is 1.71. The van der Waals surface area contributed by atoms with E-state index in [0.717, 1.165) is 25.7 Å². The molecule has 8 heteroatoms. The molecule has 1 aliphatic heterocycles. The van der Waals surface area contributed by atoms with E-state index in [1.54, 1.807) is 11.3 Å². The number of thiophene rings is 1. The first kappa shape index (κ1) is 16.7. The molecule has 0 aromatic carbocycles. The SMILES string of the molecule is CS(=O)(=O)N1CCC(CNC(=O)NC2CCCc3sccc32)C1. The quantitative estimate of drug-likeness (QED) is 0.861. The molecule has 2 atom stereocenters. The Hall–Kier alpha value is -1.12. The van der Waals surface area contributed by atoms with E-state index in [2.05, 4.69) is 22.1 Å². The Morgan fingerprint density at radius 2 is 2.26 bits per heavy atom. The number of hydrogen-bond donors (Lipinski definition) is 2. The smallest absolute Gasteiger partial charge is 0.315 e. The largest absolute Gasteiger partial charge is 0.338 e. The lowest BCUT2D eigenvalue weighted by molar-refractivity contribution is 0.234. The third kappa shape index (κ3) is 4.05. The number of aryl methyl sites for hydroxylation is 1. The first-order valence-electron chi connectivity index (χ1n) is 7.99. The number of urea groups is 1. The maximum absolute atomic E-state index is 12.1. The molecule has 1 aromatic rings. The molecule has 23 heavy (non-hydrogen) atoms. The number of nitrogens with one attached hydrogen (secondary N) is 2. The normalized spacial score (nSPS) is 25.1. The van der Waals surface area contributed by atoms with Crippen LogP contribution in [0.2, 0.25) is 0 Å². The van der Waals surface area contributed by atoms with Gasteiger partial charge in [0.05, 0.1) is 12.3 Å². The van der Waals surface area contributed by atoms with Gasteiger partial charge in [-0.15, -0.1) is 11.3 Å². The van der Waals surface area contributed by atoms with Crippen LogP contribution in [0.5, 0.6) is 0 Å². The van der Waals surface area contributed by atoms with Gasteiger partial charge in [0, 0.05) is 24.5 Å². The van der Waals surface area contributed by atoms with Crippen LogP contribution >= 0.6 is 11.3 Å². The van der Waals surface area contributed by atoms with Gasteiger partial charge in [-0.25, -0.2) is 17.5 Å². The number of sulfonamides is 1. The van der Waals surface area contributed by atoms with E-state index in [-0.39, 0.29) is 18.0 Å². The van der Waals surface area contributed by atoms with Crippen LogP contribution in [0.15, 0.2) is 11.4 Å². The molecule has 0 radical (unpaired) electrons. The molecule has 1 saturated heterocycles. The van der Waals surface area contributed by atoms with Crippen LogP contribution in [-0.2, 0) is 16.4 Å². The van der Waals surface area contributed by atoms with Gasteiger partial charge in [-0.3, -0.25) is 0 Å². The van der Waals surface area contributed by atoms with Crippen molar-refractivity contribution in [2.45, 2.75) is 31.7 Å². The molecule has 0 bridgehead atoms. The molecule has 6 nitrogen and oxygen atoms in total. The van der Waals surface area contributed by atoms with Crippen LogP contribution in [0.3, 0.4) is 0 Å². The van der Waals surface area contributed by atoms with Gasteiger partial charge >= 0.3 is 6.03 Å². The van der Waals surface area contributed by atoms with Crippen molar-refractivity contribution < 1.29 is 13.2 Å². The van der Waals surface area contributed by atoms with Gasteiger partial charge in [-0.1, -0.05) is 0 Å². The van der Waals surface area contributed by atoms with Gasteiger partial charge in [-0.05, 0) is 48.6 Å². The number of rotatable bonds is 4. The second-order valence-corrected chi connectivity index (χ2v) is 9.36. The van der Waals surface area contributed by atoms with Crippen molar-refractivity contribution in [1.82, 2.24) is 14.9 Å². The van der Waals surface area contributed by atoms with Crippen molar-refractivity contribution in [3.63, 3.8) is 0 Å². The second-order valence-electron chi connectivity index (χ2n) is 6.37. The van der Waals surface area contributed by atoms with Gasteiger partial charge in [0.15, 0.2) is 0 Å². The van der Waals surface area contributed by atoms with Gasteiger partial charge in [0.2, 0.25) is 10.0 Å². The van der Waals surface area contributed by atoms with Crippen molar-refractivity contribution in [1.29, 1.82) is 0 Å². The highest BCUT2D eigenvalue weighted by Crippen LogP contribution is 2.33. The molecule has 0 spiro atoms. The van der Waals surface area contributed by atoms with Gasteiger partial charge in [0.1, 0.15) is 0 Å². The molecule has 3 rings (SSSR count). The Kier molecular flexibility index (Phi) is 4.93. The first-order chi connectivity index (χ1) is 10.9. The molecule has 0 saturated carbocycles. The van der Waals surface area contributed by atoms with Crippen LogP contribution in [-0.4, -0.2) is 44.6 Å². The maximum atomic E-state index is 12.1. The van der Waals surface area contributed by atoms with Gasteiger partial charge in [-0.2, -0.15) is 0 Å². The fourth-order valence-electron chi connectivity index (χ4n) is 3.35. The zero-order chi connectivity index (χ0) is 16.4. The standard InChI is InChI=1S/C15H23N3O3S2/c1-23(20,21)18-7-5-11(10-18)9-16-15(19)17-13-3-2-4-14-12(13)6-8-22-14/h6,8,11,13H,2-5,7,9-10H2,1H3,(H2,16,17,19). The Morgan fingerprint density at radius 3 is 3.00 bits per heavy atom. The average molecular weight is 358 g/mol. The second kappa shape index (κ2) is 6.78. The first-order valence-corrected chi connectivity index (χ1v) is 10.7. The van der Waals surface area contributed by atoms with Crippen molar-refractivity contribution in [3.8, 4) is 0 Å². The maximum Gasteiger partial charge on any atom is 0.315 e. The van der Waals surface area contributed by atoms with Crippen molar-refractivity contribution in [3.05, 3.63) is 21.9 Å². The number of carbonyl (C=O) groups is 1. The van der Waals surface area contributed by atoms with Crippen LogP contribution in [0.1, 0.15) is 35.7 Å². The molecule has 1 fully saturated rings. The fraction of sp³-hybridized carbons (Fsp3) is 0.667. The highest BCUT2D eigenvalue weighted by Gasteiger charge is 2.29. The number of nitrogens with zero attached hydrogens (tertiary/aromatic N) is 1. The number of fused-ring (bicyclic) bond motifs is 1. The predicted molar refractivity (Wildman–Crippen MR) is 91.1 cm³/mol. The molecule has 2 heterocycles. The van der Waals surface area contributed by atoms with Crippen molar-refractivity contribution >= 4 is 27.4 Å². The minimum atomic E-state index is -3.12. The average Bonchev–Trinajstić information content (AvgIpc) is 3.14. The summed E-state index contributed by atoms with van der Waals surface area (Å²) in [6.45, 7) is 1.56. The fourth-order valence-corrected chi connectivity index (χ4v) is 5.25. The third-order valence-corrected chi connectivity index (χ3v) is 6.89. The lowest BCUT2D eigenvalue weighted by Gasteiger charge is -2.24. The van der Waals surface area contributed by atoms with Crippen LogP contribution < -0.4 is 10.6 Å². The molecular weight excluding hydrogens is 334 g/mol. The lowest BCUT2D eigenvalue weighted by atomic mass is 9.94. The van der Waals surface area contributed by atoms with E-state index in [0.29, 0.717) is 19.6 Å². The van der Waals surface area contributed by atoms with E-state index in [1.165, 1.54) is 21.0 Å². The molecule has 128 valence electrons. The van der Waals surface area contributed by atoms with E-state index in [9.17, 15) is 13.2 Å². The van der Waals surface area contributed by atoms with E-state index in [1.807, 2.05) is 0 Å². The lowest BCUT2D eigenvalue weighted by Crippen LogP contribution is -2.41. The van der Waals surface area contributed by atoms with E-state index >= 15 is 0 Å². The van der Waals surface area contributed by atoms with Crippen molar-refractivity contribution in [2.24, 2.45) is 5.92 Å². The number of carbonyl (C=O) groups excluding carboxylic acids is 1. The zero-order valence-corrected chi connectivity index (χ0v) is 14.9.